The van der Waals surface area contributed by atoms with Crippen LogP contribution in [0.15, 0.2) is 85.2 Å². The zero-order chi connectivity index (χ0) is 34.4. The van der Waals surface area contributed by atoms with Gasteiger partial charge in [0, 0.05) is 49.5 Å². The zero-order valence-electron chi connectivity index (χ0n) is 30.7. The molecule has 2 nitrogen and oxygen atoms in total. The van der Waals surface area contributed by atoms with Crippen molar-refractivity contribution in [1.29, 1.82) is 0 Å². The molecule has 6 rings (SSSR count). The summed E-state index contributed by atoms with van der Waals surface area (Å²) in [7, 11) is -1.23. The molecule has 0 aliphatic heterocycles. The summed E-state index contributed by atoms with van der Waals surface area (Å²) in [5, 5.41) is 2.98. The van der Waals surface area contributed by atoms with Gasteiger partial charge in [-0.2, -0.15) is 11.3 Å². The number of aromatic nitrogens is 2. The fourth-order valence-corrected chi connectivity index (χ4v) is 6.35. The predicted molar refractivity (Wildman–Crippen MR) is 167 cm³/mol. The quantitative estimate of drug-likeness (QED) is 0.134. The van der Waals surface area contributed by atoms with E-state index in [-0.39, 0.29) is 42.5 Å². The molecule has 0 aliphatic carbocycles. The van der Waals surface area contributed by atoms with Gasteiger partial charge in [0.25, 0.3) is 0 Å². The third-order valence-corrected chi connectivity index (χ3v) is 9.53. The van der Waals surface area contributed by atoms with Crippen LogP contribution < -0.4 is 5.19 Å². The fraction of sp³-hybridized carbons (Fsp3) is 0.176. The fourth-order valence-electron chi connectivity index (χ4n) is 4.10. The Kier molecular flexibility index (Phi) is 5.93. The minimum atomic E-state index is -2.64. The van der Waals surface area contributed by atoms with Crippen molar-refractivity contribution in [1.82, 2.24) is 9.97 Å². The summed E-state index contributed by atoms with van der Waals surface area (Å²) in [5.74, 6) is 0. The molecule has 6 aromatic rings. The van der Waals surface area contributed by atoms with Crippen molar-refractivity contribution in [3.8, 4) is 22.5 Å². The number of pyridine rings is 2. The maximum absolute atomic E-state index is 7.83. The van der Waals surface area contributed by atoms with Crippen LogP contribution in [0.3, 0.4) is 0 Å². The predicted octanol–water partition coefficient (Wildman–Crippen LogP) is 8.93. The van der Waals surface area contributed by atoms with E-state index in [0.717, 1.165) is 28.2 Å². The first kappa shape index (κ1) is 19.2. The van der Waals surface area contributed by atoms with Crippen LogP contribution in [0.4, 0.5) is 0 Å². The summed E-state index contributed by atoms with van der Waals surface area (Å²) in [6.07, 6.45) is 3.10. The second kappa shape index (κ2) is 12.1. The normalized spacial score (nSPS) is 15.5. The molecule has 0 saturated carbocycles. The Bertz CT molecular complexity index is 2030. The first-order valence-corrected chi connectivity index (χ1v) is 16.5. The Morgan fingerprint density at radius 2 is 1.51 bits per heavy atom. The minimum absolute atomic E-state index is 0. The second-order valence-corrected chi connectivity index (χ2v) is 16.1. The molecule has 39 heavy (non-hydrogen) atoms. The van der Waals surface area contributed by atoms with Crippen molar-refractivity contribution in [2.45, 2.75) is 40.2 Å². The van der Waals surface area contributed by atoms with E-state index in [9.17, 15) is 0 Å². The van der Waals surface area contributed by atoms with Crippen molar-refractivity contribution >= 4 is 44.8 Å². The van der Waals surface area contributed by atoms with Crippen molar-refractivity contribution in [2.24, 2.45) is 0 Å². The van der Waals surface area contributed by atoms with Gasteiger partial charge in [-0.3, -0.25) is 0 Å². The van der Waals surface area contributed by atoms with Crippen LogP contribution in [0.5, 0.6) is 0 Å². The van der Waals surface area contributed by atoms with Crippen LogP contribution in [0.2, 0.25) is 19.6 Å². The number of nitrogens with zero attached hydrogens (tertiary/aromatic N) is 2. The summed E-state index contributed by atoms with van der Waals surface area (Å²) in [6, 6.07) is 28.4. The molecule has 3 aromatic carbocycles. The van der Waals surface area contributed by atoms with Crippen LogP contribution in [0, 0.1) is 32.7 Å². The van der Waals surface area contributed by atoms with Crippen molar-refractivity contribution in [3.05, 3.63) is 114 Å². The molecule has 5 heteroatoms. The van der Waals surface area contributed by atoms with Crippen LogP contribution in [-0.2, 0) is 20.1 Å². The maximum Gasteiger partial charge on any atom is 0.0795 e. The van der Waals surface area contributed by atoms with Gasteiger partial charge in [0.2, 0.25) is 0 Å². The monoisotopic (exact) mass is 730 g/mol. The molecule has 0 atom stereocenters. The van der Waals surface area contributed by atoms with Gasteiger partial charge in [-0.05, 0) is 58.3 Å². The summed E-state index contributed by atoms with van der Waals surface area (Å²) >= 11 is 1.28. The second-order valence-electron chi connectivity index (χ2n) is 9.95. The van der Waals surface area contributed by atoms with Crippen molar-refractivity contribution in [2.75, 3.05) is 0 Å². The molecule has 3 heterocycles. The van der Waals surface area contributed by atoms with Gasteiger partial charge in [0.05, 0.1) is 8.07 Å². The van der Waals surface area contributed by atoms with Crippen LogP contribution >= 0.6 is 11.3 Å². The van der Waals surface area contributed by atoms with E-state index >= 15 is 0 Å². The summed E-state index contributed by atoms with van der Waals surface area (Å²) in [6.45, 7) is -0.533. The molecular weight excluding hydrogens is 689 g/mol. The Hall–Kier alpha value is -2.95. The van der Waals surface area contributed by atoms with Gasteiger partial charge in [-0.25, -0.2) is 0 Å². The van der Waals surface area contributed by atoms with E-state index in [1.54, 1.807) is 18.2 Å². The van der Waals surface area contributed by atoms with Crippen LogP contribution in [0.1, 0.15) is 29.0 Å². The van der Waals surface area contributed by atoms with E-state index in [0.29, 0.717) is 15.0 Å². The number of hydrogen-bond donors (Lipinski definition) is 0. The molecule has 3 aromatic heterocycles. The molecule has 0 spiro atoms. The summed E-state index contributed by atoms with van der Waals surface area (Å²) in [5.41, 5.74) is 2.47. The van der Waals surface area contributed by atoms with Gasteiger partial charge in [0.1, 0.15) is 0 Å². The van der Waals surface area contributed by atoms with Gasteiger partial charge < -0.3 is 9.97 Å². The van der Waals surface area contributed by atoms with Crippen molar-refractivity contribution < 1.29 is 32.4 Å². The molecule has 0 unspecified atom stereocenters. The number of hydrogen-bond acceptors (Lipinski definition) is 3. The van der Waals surface area contributed by atoms with E-state index in [1.807, 2.05) is 42.6 Å². The average molecular weight is 730 g/mol. The number of fused-ring (bicyclic) bond motifs is 3. The Morgan fingerprint density at radius 3 is 2.21 bits per heavy atom. The third-order valence-electron chi connectivity index (χ3n) is 6.23. The molecular formula is C34H32IrN2SSi-2. The zero-order valence-corrected chi connectivity index (χ0v) is 25.9. The number of thiophene rings is 1. The molecule has 0 amide bonds. The molecule has 0 saturated heterocycles. The topological polar surface area (TPSA) is 25.8 Å². The largest absolute Gasteiger partial charge is 0.305 e. The average Bonchev–Trinajstić information content (AvgIpc) is 3.39. The van der Waals surface area contributed by atoms with E-state index in [4.69, 9.17) is 12.3 Å². The van der Waals surface area contributed by atoms with Gasteiger partial charge >= 0.3 is 0 Å². The standard InChI is InChI=1S/C20H16NS.C14H16NSi.Ir/c1-12-6-4-7-15-16-8-5-9-17(20(16)22-19(12)15)18-10-13(2)14(3)11-21-18;1-16(2,3)13-9-10-14(15-11-13)12-7-5-4-6-8-12;/h4-8,10-11H,1-3H3;4-7,9-11H,1-3H3;/q2*-1;/i1D3,2D3,3D3;;. The van der Waals surface area contributed by atoms with E-state index in [1.165, 1.54) is 22.6 Å². The number of rotatable bonds is 3. The Labute approximate surface area is 263 Å². The maximum atomic E-state index is 7.83. The van der Waals surface area contributed by atoms with Crippen LogP contribution in [0.25, 0.3) is 42.7 Å². The number of aryl methyl sites for hydroxylation is 3. The van der Waals surface area contributed by atoms with E-state index < -0.39 is 28.6 Å². The molecule has 0 N–H and O–H groups in total. The summed E-state index contributed by atoms with van der Waals surface area (Å²) in [4.78, 5) is 8.75. The Morgan fingerprint density at radius 1 is 0.718 bits per heavy atom. The first-order chi connectivity index (χ1) is 21.9. The smallest absolute Gasteiger partial charge is 0.0795 e. The van der Waals surface area contributed by atoms with Crippen LogP contribution in [-0.4, -0.2) is 18.0 Å². The molecule has 0 bridgehead atoms. The van der Waals surface area contributed by atoms with Gasteiger partial charge in [-0.1, -0.05) is 67.0 Å². The molecule has 0 aliphatic rings. The molecule has 0 fully saturated rings. The SMILES string of the molecule is C[Si](C)(C)c1ccc(-c2[c-]cccc2)nc1.[2H]C([2H])([2H])c1cnc(-c2[c-]ccc3c2sc2c(C([2H])([2H])[2H])cccc23)cc1C([2H])([2H])[2H].[Ir]. The van der Waals surface area contributed by atoms with Gasteiger partial charge in [-0.15, -0.1) is 59.7 Å². The van der Waals surface area contributed by atoms with Gasteiger partial charge in [0.15, 0.2) is 0 Å². The van der Waals surface area contributed by atoms with E-state index in [2.05, 4.69) is 53.9 Å². The Balaban J connectivity index is 0.000000258. The minimum Gasteiger partial charge on any atom is -0.305 e. The number of benzene rings is 3. The molecule has 199 valence electrons. The van der Waals surface area contributed by atoms with Crippen molar-refractivity contribution in [3.63, 3.8) is 0 Å². The summed E-state index contributed by atoms with van der Waals surface area (Å²) < 4.78 is 71.1. The third kappa shape index (κ3) is 6.28. The molecule has 1 radical (unpaired) electrons. The first-order valence-electron chi connectivity index (χ1n) is 16.7.